The number of ether oxygens (including phenoxy) is 2. The highest BCUT2D eigenvalue weighted by molar-refractivity contribution is 5.67. The molecule has 0 fully saturated rings. The summed E-state index contributed by atoms with van der Waals surface area (Å²) in [6, 6.07) is 9.46. The van der Waals surface area contributed by atoms with Crippen molar-refractivity contribution >= 4 is 6.09 Å². The SMILES string of the molecule is C=C/C=C(\C=C)COC(=O)N(C)CCOc1ccccc1CC#N. The van der Waals surface area contributed by atoms with Crippen LogP contribution in [0.15, 0.2) is 61.2 Å². The maximum Gasteiger partial charge on any atom is 0.409 e. The van der Waals surface area contributed by atoms with Crippen LogP contribution < -0.4 is 4.74 Å². The smallest absolute Gasteiger partial charge is 0.409 e. The van der Waals surface area contributed by atoms with E-state index in [4.69, 9.17) is 14.7 Å². The third-order valence-electron chi connectivity index (χ3n) is 3.19. The van der Waals surface area contributed by atoms with Gasteiger partial charge in [0, 0.05) is 12.6 Å². The predicted molar refractivity (Wildman–Crippen MR) is 93.7 cm³/mol. The van der Waals surface area contributed by atoms with E-state index >= 15 is 0 Å². The molecule has 1 aromatic rings. The molecule has 0 radical (unpaired) electrons. The fraction of sp³-hybridized carbons (Fsp3) is 0.263. The standard InChI is InChI=1S/C19H22N2O3/c1-4-8-16(5-2)15-24-19(22)21(3)13-14-23-18-10-7-6-9-17(18)11-12-20/h4-10H,1-2,11,13-15H2,3H3/b16-8+. The zero-order valence-electron chi connectivity index (χ0n) is 13.9. The molecule has 24 heavy (non-hydrogen) atoms. The predicted octanol–water partition coefficient (Wildman–Crippen LogP) is 3.50. The van der Waals surface area contributed by atoms with E-state index in [0.29, 0.717) is 18.9 Å². The second kappa shape index (κ2) is 10.7. The minimum atomic E-state index is -0.444. The van der Waals surface area contributed by atoms with Crippen molar-refractivity contribution in [1.82, 2.24) is 4.90 Å². The van der Waals surface area contributed by atoms with Gasteiger partial charge in [-0.25, -0.2) is 4.79 Å². The van der Waals surface area contributed by atoms with E-state index in [2.05, 4.69) is 19.2 Å². The quantitative estimate of drug-likeness (QED) is 0.652. The summed E-state index contributed by atoms with van der Waals surface area (Å²) >= 11 is 0. The molecule has 0 spiro atoms. The number of para-hydroxylation sites is 1. The molecular weight excluding hydrogens is 304 g/mol. The van der Waals surface area contributed by atoms with E-state index in [9.17, 15) is 4.79 Å². The van der Waals surface area contributed by atoms with Gasteiger partial charge < -0.3 is 14.4 Å². The van der Waals surface area contributed by atoms with Gasteiger partial charge in [-0.3, -0.25) is 0 Å². The Morgan fingerprint density at radius 2 is 2.12 bits per heavy atom. The van der Waals surface area contributed by atoms with Gasteiger partial charge in [0.2, 0.25) is 0 Å². The Bertz CT molecular complexity index is 644. The highest BCUT2D eigenvalue weighted by atomic mass is 16.6. The monoisotopic (exact) mass is 326 g/mol. The van der Waals surface area contributed by atoms with E-state index in [0.717, 1.165) is 11.1 Å². The maximum atomic E-state index is 11.9. The van der Waals surface area contributed by atoms with Crippen LogP contribution in [0.2, 0.25) is 0 Å². The van der Waals surface area contributed by atoms with Crippen molar-refractivity contribution < 1.29 is 14.3 Å². The molecule has 0 aromatic heterocycles. The number of nitriles is 1. The van der Waals surface area contributed by atoms with Gasteiger partial charge in [-0.2, -0.15) is 5.26 Å². The molecule has 0 saturated carbocycles. The van der Waals surface area contributed by atoms with Crippen LogP contribution in [0.25, 0.3) is 0 Å². The van der Waals surface area contributed by atoms with Gasteiger partial charge in [-0.1, -0.05) is 49.6 Å². The lowest BCUT2D eigenvalue weighted by Crippen LogP contribution is -2.31. The summed E-state index contributed by atoms with van der Waals surface area (Å²) in [4.78, 5) is 13.3. The molecule has 0 heterocycles. The summed E-state index contributed by atoms with van der Waals surface area (Å²) in [7, 11) is 1.64. The Hall–Kier alpha value is -3.00. The molecule has 0 aliphatic rings. The number of nitrogens with zero attached hydrogens (tertiary/aromatic N) is 2. The molecule has 5 heteroatoms. The number of hydrogen-bond acceptors (Lipinski definition) is 4. The summed E-state index contributed by atoms with van der Waals surface area (Å²) in [5.74, 6) is 0.656. The van der Waals surface area contributed by atoms with Crippen molar-refractivity contribution in [2.45, 2.75) is 6.42 Å². The summed E-state index contributed by atoms with van der Waals surface area (Å²) in [6.45, 7) is 8.06. The van der Waals surface area contributed by atoms with Gasteiger partial charge in [-0.15, -0.1) is 0 Å². The molecule has 1 aromatic carbocycles. The first-order valence-electron chi connectivity index (χ1n) is 7.52. The Morgan fingerprint density at radius 1 is 1.38 bits per heavy atom. The minimum absolute atomic E-state index is 0.143. The number of allylic oxidation sites excluding steroid dienone is 2. The third-order valence-corrected chi connectivity index (χ3v) is 3.19. The molecule has 0 bridgehead atoms. The first-order valence-corrected chi connectivity index (χ1v) is 7.52. The van der Waals surface area contributed by atoms with Crippen LogP contribution in [-0.2, 0) is 11.2 Å². The number of rotatable bonds is 9. The van der Waals surface area contributed by atoms with Crippen LogP contribution in [0.4, 0.5) is 4.79 Å². The van der Waals surface area contributed by atoms with Crippen LogP contribution in [0.3, 0.4) is 0 Å². The summed E-state index contributed by atoms with van der Waals surface area (Å²) in [5.41, 5.74) is 1.60. The van der Waals surface area contributed by atoms with Crippen LogP contribution in [-0.4, -0.2) is 37.8 Å². The van der Waals surface area contributed by atoms with E-state index in [1.807, 2.05) is 18.2 Å². The Kier molecular flexibility index (Phi) is 8.48. The van der Waals surface area contributed by atoms with E-state index in [-0.39, 0.29) is 13.0 Å². The second-order valence-electron chi connectivity index (χ2n) is 4.95. The first kappa shape index (κ1) is 19.0. The normalized spacial score (nSPS) is 10.4. The van der Waals surface area contributed by atoms with Crippen molar-refractivity contribution in [3.8, 4) is 11.8 Å². The molecule has 0 N–H and O–H groups in total. The largest absolute Gasteiger partial charge is 0.491 e. The fourth-order valence-electron chi connectivity index (χ4n) is 1.84. The van der Waals surface area contributed by atoms with Gasteiger partial charge in [0.25, 0.3) is 0 Å². The molecule has 0 aliphatic heterocycles. The van der Waals surface area contributed by atoms with Crippen molar-refractivity contribution in [1.29, 1.82) is 5.26 Å². The van der Waals surface area contributed by atoms with E-state index < -0.39 is 6.09 Å². The second-order valence-corrected chi connectivity index (χ2v) is 4.95. The Labute approximate surface area is 143 Å². The van der Waals surface area contributed by atoms with Crippen molar-refractivity contribution in [3.05, 3.63) is 66.8 Å². The van der Waals surface area contributed by atoms with Gasteiger partial charge in [0.15, 0.2) is 0 Å². The first-order chi connectivity index (χ1) is 11.6. The molecular formula is C19H22N2O3. The van der Waals surface area contributed by atoms with Crippen molar-refractivity contribution in [2.24, 2.45) is 0 Å². The molecule has 0 aliphatic carbocycles. The average Bonchev–Trinajstić information content (AvgIpc) is 2.59. The summed E-state index contributed by atoms with van der Waals surface area (Å²) in [6.07, 6.45) is 4.80. The zero-order chi connectivity index (χ0) is 17.8. The van der Waals surface area contributed by atoms with Gasteiger partial charge in [0.1, 0.15) is 19.0 Å². The molecule has 126 valence electrons. The Morgan fingerprint density at radius 3 is 2.79 bits per heavy atom. The molecule has 0 atom stereocenters. The molecule has 0 unspecified atom stereocenters. The number of likely N-dealkylation sites (N-methyl/N-ethyl adjacent to an activating group) is 1. The van der Waals surface area contributed by atoms with Gasteiger partial charge >= 0.3 is 6.09 Å². The highest BCUT2D eigenvalue weighted by Gasteiger charge is 2.11. The zero-order valence-corrected chi connectivity index (χ0v) is 13.9. The topological polar surface area (TPSA) is 62.6 Å². The van der Waals surface area contributed by atoms with Gasteiger partial charge in [-0.05, 0) is 11.6 Å². The van der Waals surface area contributed by atoms with Crippen LogP contribution in [0.1, 0.15) is 5.56 Å². The third kappa shape index (κ3) is 6.41. The van der Waals surface area contributed by atoms with Gasteiger partial charge in [0.05, 0.1) is 19.0 Å². The Balaban J connectivity index is 2.43. The van der Waals surface area contributed by atoms with Crippen LogP contribution in [0.5, 0.6) is 5.75 Å². The minimum Gasteiger partial charge on any atom is -0.491 e. The average molecular weight is 326 g/mol. The fourth-order valence-corrected chi connectivity index (χ4v) is 1.84. The lowest BCUT2D eigenvalue weighted by Gasteiger charge is -2.18. The molecule has 0 saturated heterocycles. The van der Waals surface area contributed by atoms with Crippen LogP contribution in [0, 0.1) is 11.3 Å². The van der Waals surface area contributed by atoms with Crippen molar-refractivity contribution in [2.75, 3.05) is 26.8 Å². The van der Waals surface area contributed by atoms with E-state index in [1.54, 1.807) is 31.3 Å². The number of carbonyl (C=O) groups excluding carboxylic acids is 1. The number of hydrogen-bond donors (Lipinski definition) is 0. The summed E-state index contributed by atoms with van der Waals surface area (Å²) < 4.78 is 10.8. The molecule has 1 amide bonds. The highest BCUT2D eigenvalue weighted by Crippen LogP contribution is 2.18. The van der Waals surface area contributed by atoms with Crippen LogP contribution >= 0.6 is 0 Å². The van der Waals surface area contributed by atoms with E-state index in [1.165, 1.54) is 4.90 Å². The lowest BCUT2D eigenvalue weighted by molar-refractivity contribution is 0.114. The lowest BCUT2D eigenvalue weighted by atomic mass is 10.1. The van der Waals surface area contributed by atoms with Crippen molar-refractivity contribution in [3.63, 3.8) is 0 Å². The number of carbonyl (C=O) groups is 1. The summed E-state index contributed by atoms with van der Waals surface area (Å²) in [5, 5.41) is 8.80. The molecule has 5 nitrogen and oxygen atoms in total. The molecule has 1 rings (SSSR count). The number of amides is 1. The number of benzene rings is 1. The maximum absolute atomic E-state index is 11.9.